The number of ether oxygens (including phenoxy) is 1. The molecular formula is C8H18Br2NO2-. The normalized spacial score (nSPS) is 8.15. The molecule has 0 fully saturated rings. The SMILES string of the molecule is CCCCC[NH2+]C(=O)OCC.[Br-].[Br-]. The lowest BCUT2D eigenvalue weighted by atomic mass is 10.2. The molecule has 0 bridgehead atoms. The van der Waals surface area contributed by atoms with Crippen LogP contribution < -0.4 is 39.3 Å². The van der Waals surface area contributed by atoms with Crippen LogP contribution in [0.2, 0.25) is 0 Å². The first-order valence-electron chi connectivity index (χ1n) is 4.31. The fourth-order valence-electron chi connectivity index (χ4n) is 0.815. The Kier molecular flexibility index (Phi) is 21.8. The Morgan fingerprint density at radius 3 is 2.31 bits per heavy atom. The second-order valence-electron chi connectivity index (χ2n) is 2.45. The van der Waals surface area contributed by atoms with Crippen molar-refractivity contribution in [1.82, 2.24) is 0 Å². The minimum absolute atomic E-state index is 0. The largest absolute Gasteiger partial charge is 1.00 e. The van der Waals surface area contributed by atoms with Crippen molar-refractivity contribution < 1.29 is 48.8 Å². The van der Waals surface area contributed by atoms with Gasteiger partial charge in [0.05, 0.1) is 13.2 Å². The molecule has 0 spiro atoms. The van der Waals surface area contributed by atoms with Gasteiger partial charge in [-0.25, -0.2) is 5.32 Å². The smallest absolute Gasteiger partial charge is 0.512 e. The average Bonchev–Trinajstić information content (AvgIpc) is 1.99. The summed E-state index contributed by atoms with van der Waals surface area (Å²) in [5.74, 6) is 0. The van der Waals surface area contributed by atoms with Crippen LogP contribution in [0.3, 0.4) is 0 Å². The van der Waals surface area contributed by atoms with E-state index in [0.717, 1.165) is 13.0 Å². The molecule has 0 heterocycles. The summed E-state index contributed by atoms with van der Waals surface area (Å²) < 4.78 is 4.73. The molecule has 0 atom stereocenters. The third-order valence-corrected chi connectivity index (χ3v) is 1.41. The van der Waals surface area contributed by atoms with Gasteiger partial charge in [-0.05, 0) is 19.8 Å². The van der Waals surface area contributed by atoms with Crippen molar-refractivity contribution in [3.8, 4) is 0 Å². The van der Waals surface area contributed by atoms with E-state index in [2.05, 4.69) is 6.92 Å². The Morgan fingerprint density at radius 2 is 1.85 bits per heavy atom. The van der Waals surface area contributed by atoms with Gasteiger partial charge in [0, 0.05) is 0 Å². The maximum Gasteiger partial charge on any atom is 0.512 e. The Bertz CT molecular complexity index is 112. The van der Waals surface area contributed by atoms with Crippen LogP contribution in [-0.4, -0.2) is 19.2 Å². The number of hydrogen-bond donors (Lipinski definition) is 1. The van der Waals surface area contributed by atoms with Crippen molar-refractivity contribution in [3.05, 3.63) is 0 Å². The Hall–Kier alpha value is 0.390. The fraction of sp³-hybridized carbons (Fsp3) is 0.875. The highest BCUT2D eigenvalue weighted by Gasteiger charge is 2.02. The van der Waals surface area contributed by atoms with Crippen LogP contribution in [0, 0.1) is 0 Å². The number of quaternary nitrogens is 1. The number of nitrogens with two attached hydrogens (primary N) is 1. The number of halogens is 2. The topological polar surface area (TPSA) is 42.9 Å². The zero-order valence-electron chi connectivity index (χ0n) is 8.19. The molecule has 0 aliphatic heterocycles. The van der Waals surface area contributed by atoms with Gasteiger partial charge in [0.25, 0.3) is 0 Å². The van der Waals surface area contributed by atoms with Gasteiger partial charge in [0.2, 0.25) is 0 Å². The first kappa shape index (κ1) is 19.0. The molecule has 1 amide bonds. The molecule has 5 heteroatoms. The zero-order valence-corrected chi connectivity index (χ0v) is 11.4. The molecule has 0 saturated carbocycles. The molecule has 0 aromatic heterocycles. The Morgan fingerprint density at radius 1 is 1.23 bits per heavy atom. The number of amides is 1. The Balaban J connectivity index is -0.000000500. The van der Waals surface area contributed by atoms with Crippen LogP contribution in [0.4, 0.5) is 4.79 Å². The first-order valence-corrected chi connectivity index (χ1v) is 4.31. The predicted molar refractivity (Wildman–Crippen MR) is 43.3 cm³/mol. The van der Waals surface area contributed by atoms with Crippen LogP contribution >= 0.6 is 0 Å². The van der Waals surface area contributed by atoms with Gasteiger partial charge < -0.3 is 38.7 Å². The van der Waals surface area contributed by atoms with Gasteiger partial charge in [-0.2, -0.15) is 4.79 Å². The lowest BCUT2D eigenvalue weighted by Gasteiger charge is -1.98. The van der Waals surface area contributed by atoms with E-state index in [-0.39, 0.29) is 40.1 Å². The van der Waals surface area contributed by atoms with Gasteiger partial charge in [0.15, 0.2) is 0 Å². The standard InChI is InChI=1S/C8H17NO2.2BrH/c1-3-5-6-7-9-8(10)11-4-2;;/h3-7H2,1-2H3,(H,9,10);2*1H/p-1. The maximum absolute atomic E-state index is 10.7. The summed E-state index contributed by atoms with van der Waals surface area (Å²) >= 11 is 0. The summed E-state index contributed by atoms with van der Waals surface area (Å²) in [5, 5.41) is 1.62. The predicted octanol–water partition coefficient (Wildman–Crippen LogP) is -5.10. The number of carbonyl (C=O) groups is 1. The lowest BCUT2D eigenvalue weighted by Crippen LogP contribution is -3.00. The molecule has 0 aliphatic carbocycles. The monoisotopic (exact) mass is 318 g/mol. The summed E-state index contributed by atoms with van der Waals surface area (Å²) in [6.45, 7) is 5.29. The van der Waals surface area contributed by atoms with E-state index in [0.29, 0.717) is 6.61 Å². The molecule has 0 radical (unpaired) electrons. The van der Waals surface area contributed by atoms with E-state index in [1.54, 1.807) is 5.32 Å². The highest BCUT2D eigenvalue weighted by atomic mass is 79.9. The summed E-state index contributed by atoms with van der Waals surface area (Å²) in [5.41, 5.74) is 0. The van der Waals surface area contributed by atoms with Crippen molar-refractivity contribution in [1.29, 1.82) is 0 Å². The second-order valence-corrected chi connectivity index (χ2v) is 2.45. The molecule has 13 heavy (non-hydrogen) atoms. The van der Waals surface area contributed by atoms with Crippen molar-refractivity contribution in [2.24, 2.45) is 0 Å². The molecule has 0 unspecified atom stereocenters. The molecular weight excluding hydrogens is 302 g/mol. The third-order valence-electron chi connectivity index (χ3n) is 1.41. The van der Waals surface area contributed by atoms with Crippen LogP contribution in [0.25, 0.3) is 0 Å². The van der Waals surface area contributed by atoms with E-state index in [4.69, 9.17) is 4.74 Å². The van der Waals surface area contributed by atoms with E-state index in [9.17, 15) is 4.79 Å². The quantitative estimate of drug-likeness (QED) is 0.515. The average molecular weight is 320 g/mol. The minimum Gasteiger partial charge on any atom is -1.00 e. The summed E-state index contributed by atoms with van der Waals surface area (Å²) in [6, 6.07) is 0. The maximum atomic E-state index is 10.7. The number of rotatable bonds is 5. The van der Waals surface area contributed by atoms with E-state index >= 15 is 0 Å². The van der Waals surface area contributed by atoms with Crippen molar-refractivity contribution in [3.63, 3.8) is 0 Å². The molecule has 2 N–H and O–H groups in total. The van der Waals surface area contributed by atoms with Crippen LogP contribution in [-0.2, 0) is 4.74 Å². The zero-order chi connectivity index (χ0) is 8.53. The van der Waals surface area contributed by atoms with Gasteiger partial charge in [-0.15, -0.1) is 0 Å². The van der Waals surface area contributed by atoms with E-state index in [1.165, 1.54) is 12.8 Å². The van der Waals surface area contributed by atoms with Gasteiger partial charge in [0.1, 0.15) is 0 Å². The number of hydrogen-bond acceptors (Lipinski definition) is 2. The molecule has 0 aromatic carbocycles. The van der Waals surface area contributed by atoms with Crippen LogP contribution in [0.1, 0.15) is 33.1 Å². The van der Waals surface area contributed by atoms with Gasteiger partial charge >= 0.3 is 6.09 Å². The van der Waals surface area contributed by atoms with Gasteiger partial charge in [-0.1, -0.05) is 13.3 Å². The van der Waals surface area contributed by atoms with Gasteiger partial charge in [-0.3, -0.25) is 0 Å². The number of carbonyl (C=O) groups excluding carboxylic acids is 1. The van der Waals surface area contributed by atoms with Crippen LogP contribution in [0.15, 0.2) is 0 Å². The molecule has 0 aliphatic rings. The summed E-state index contributed by atoms with van der Waals surface area (Å²) in [6.07, 6.45) is 3.30. The minimum atomic E-state index is -0.177. The lowest BCUT2D eigenvalue weighted by molar-refractivity contribution is -0.570. The highest BCUT2D eigenvalue weighted by molar-refractivity contribution is 5.55. The fourth-order valence-corrected chi connectivity index (χ4v) is 0.815. The molecule has 0 rings (SSSR count). The highest BCUT2D eigenvalue weighted by Crippen LogP contribution is 1.88. The summed E-state index contributed by atoms with van der Waals surface area (Å²) in [7, 11) is 0. The number of unbranched alkanes of at least 4 members (excludes halogenated alkanes) is 2. The first-order chi connectivity index (χ1) is 5.31. The molecule has 82 valence electrons. The Labute approximate surface area is 101 Å². The van der Waals surface area contributed by atoms with Crippen molar-refractivity contribution in [2.75, 3.05) is 13.2 Å². The van der Waals surface area contributed by atoms with E-state index in [1.807, 2.05) is 6.92 Å². The van der Waals surface area contributed by atoms with Crippen molar-refractivity contribution >= 4 is 6.09 Å². The molecule has 0 saturated heterocycles. The van der Waals surface area contributed by atoms with Crippen molar-refractivity contribution in [2.45, 2.75) is 33.1 Å². The second kappa shape index (κ2) is 14.9. The summed E-state index contributed by atoms with van der Waals surface area (Å²) in [4.78, 5) is 10.7. The molecule has 0 aromatic rings. The van der Waals surface area contributed by atoms with E-state index < -0.39 is 0 Å². The number of primary amides is 1. The van der Waals surface area contributed by atoms with Crippen LogP contribution in [0.5, 0.6) is 0 Å². The third kappa shape index (κ3) is 15.2. The molecule has 3 nitrogen and oxygen atoms in total.